The molecule has 0 radical (unpaired) electrons. The lowest BCUT2D eigenvalue weighted by Gasteiger charge is -2.20. The van der Waals surface area contributed by atoms with Crippen molar-refractivity contribution in [2.24, 2.45) is 0 Å². The zero-order valence-corrected chi connectivity index (χ0v) is 21.4. The molecule has 0 saturated carbocycles. The van der Waals surface area contributed by atoms with E-state index in [1.54, 1.807) is 30.3 Å². The number of carbonyl (C=O) groups excluding carboxylic acids is 1. The van der Waals surface area contributed by atoms with Crippen LogP contribution in [0.5, 0.6) is 17.2 Å². The summed E-state index contributed by atoms with van der Waals surface area (Å²) in [6.07, 6.45) is 1.72. The minimum Gasteiger partial charge on any atom is -0.506 e. The summed E-state index contributed by atoms with van der Waals surface area (Å²) in [6.45, 7) is 6.10. The van der Waals surface area contributed by atoms with Crippen LogP contribution in [0.1, 0.15) is 42.9 Å². The van der Waals surface area contributed by atoms with E-state index in [4.69, 9.17) is 26.3 Å². The first-order valence-corrected chi connectivity index (χ1v) is 12.1. The van der Waals surface area contributed by atoms with Crippen LogP contribution in [0.3, 0.4) is 0 Å². The molecule has 0 aliphatic heterocycles. The zero-order chi connectivity index (χ0) is 26.1. The highest BCUT2D eigenvalue weighted by atomic mass is 35.5. The molecule has 0 bridgehead atoms. The van der Waals surface area contributed by atoms with Crippen molar-refractivity contribution in [3.8, 4) is 23.3 Å². The van der Waals surface area contributed by atoms with E-state index in [0.717, 1.165) is 24.0 Å². The number of nitrogens with one attached hydrogen (secondary N) is 2. The summed E-state index contributed by atoms with van der Waals surface area (Å²) in [5.74, 6) is 0.846. The van der Waals surface area contributed by atoms with Crippen molar-refractivity contribution in [2.45, 2.75) is 46.1 Å². The lowest BCUT2D eigenvalue weighted by Crippen LogP contribution is -2.33. The predicted molar refractivity (Wildman–Crippen MR) is 142 cm³/mol. The van der Waals surface area contributed by atoms with E-state index in [0.29, 0.717) is 39.9 Å². The summed E-state index contributed by atoms with van der Waals surface area (Å²) in [5.41, 5.74) is 3.35. The Kier molecular flexibility index (Phi) is 9.43. The van der Waals surface area contributed by atoms with Crippen LogP contribution in [0.15, 0.2) is 54.6 Å². The third-order valence-corrected chi connectivity index (χ3v) is 5.85. The SMILES string of the molecule is CCCCC(Oc1ccc(C)cc1C)C(=O)Nc1ccc(NCOc2ccc(C#N)c(Cl)c2)c(O)c1. The van der Waals surface area contributed by atoms with Gasteiger partial charge in [-0.3, -0.25) is 4.79 Å². The first-order chi connectivity index (χ1) is 17.3. The average Bonchev–Trinajstić information content (AvgIpc) is 2.84. The molecule has 0 aliphatic rings. The zero-order valence-electron chi connectivity index (χ0n) is 20.6. The van der Waals surface area contributed by atoms with E-state index in [2.05, 4.69) is 17.6 Å². The van der Waals surface area contributed by atoms with E-state index in [1.807, 2.05) is 38.1 Å². The number of rotatable bonds is 11. The maximum Gasteiger partial charge on any atom is 0.265 e. The second-order valence-corrected chi connectivity index (χ2v) is 8.86. The number of amides is 1. The fourth-order valence-electron chi connectivity index (χ4n) is 3.57. The molecule has 3 aromatic carbocycles. The largest absolute Gasteiger partial charge is 0.506 e. The Bertz CT molecular complexity index is 1260. The molecule has 7 nitrogen and oxygen atoms in total. The number of ether oxygens (including phenoxy) is 2. The Morgan fingerprint density at radius 3 is 2.61 bits per heavy atom. The van der Waals surface area contributed by atoms with Gasteiger partial charge in [-0.1, -0.05) is 42.6 Å². The quantitative estimate of drug-likeness (QED) is 0.200. The molecule has 3 aromatic rings. The van der Waals surface area contributed by atoms with E-state index >= 15 is 0 Å². The highest BCUT2D eigenvalue weighted by Gasteiger charge is 2.21. The summed E-state index contributed by atoms with van der Waals surface area (Å²) in [6, 6.07) is 17.4. The number of aryl methyl sites for hydroxylation is 2. The molecule has 0 saturated heterocycles. The van der Waals surface area contributed by atoms with Crippen molar-refractivity contribution < 1.29 is 19.4 Å². The van der Waals surface area contributed by atoms with E-state index in [1.165, 1.54) is 6.07 Å². The molecule has 3 rings (SSSR count). The lowest BCUT2D eigenvalue weighted by molar-refractivity contribution is -0.123. The number of anilines is 2. The first kappa shape index (κ1) is 26.7. The van der Waals surface area contributed by atoms with Gasteiger partial charge < -0.3 is 25.2 Å². The lowest BCUT2D eigenvalue weighted by atomic mass is 10.1. The Morgan fingerprint density at radius 2 is 1.94 bits per heavy atom. The molecule has 188 valence electrons. The average molecular weight is 508 g/mol. The summed E-state index contributed by atoms with van der Waals surface area (Å²) >= 11 is 6.01. The van der Waals surface area contributed by atoms with Crippen LogP contribution >= 0.6 is 11.6 Å². The monoisotopic (exact) mass is 507 g/mol. The van der Waals surface area contributed by atoms with Gasteiger partial charge in [-0.05, 0) is 62.6 Å². The number of carbonyl (C=O) groups is 1. The van der Waals surface area contributed by atoms with Crippen molar-refractivity contribution in [1.82, 2.24) is 0 Å². The van der Waals surface area contributed by atoms with Crippen molar-refractivity contribution in [1.29, 1.82) is 5.26 Å². The molecule has 1 atom stereocenters. The van der Waals surface area contributed by atoms with Gasteiger partial charge in [-0.2, -0.15) is 5.26 Å². The molecule has 0 fully saturated rings. The highest BCUT2D eigenvalue weighted by molar-refractivity contribution is 6.31. The molecular weight excluding hydrogens is 478 g/mol. The topological polar surface area (TPSA) is 104 Å². The molecule has 8 heteroatoms. The van der Waals surface area contributed by atoms with Gasteiger partial charge in [0.1, 0.15) is 23.3 Å². The van der Waals surface area contributed by atoms with Gasteiger partial charge in [-0.15, -0.1) is 0 Å². The summed E-state index contributed by atoms with van der Waals surface area (Å²) in [5, 5.41) is 25.5. The second kappa shape index (κ2) is 12.7. The standard InChI is InChI=1S/C28H30ClN3O4/c1-4-5-6-27(36-26-12-7-18(2)13-19(26)3)28(34)32-21-9-11-24(25(33)14-21)31-17-35-22-10-8-20(16-30)23(29)15-22/h7-15,27,31,33H,4-6,17H2,1-3H3,(H,32,34). The molecule has 1 amide bonds. The fourth-order valence-corrected chi connectivity index (χ4v) is 3.79. The van der Waals surface area contributed by atoms with Crippen molar-refractivity contribution in [2.75, 3.05) is 17.4 Å². The molecule has 0 aromatic heterocycles. The molecule has 0 spiro atoms. The minimum atomic E-state index is -0.654. The number of unbranched alkanes of at least 4 members (excludes halogenated alkanes) is 1. The van der Waals surface area contributed by atoms with Gasteiger partial charge in [-0.25, -0.2) is 0 Å². The number of nitriles is 1. The van der Waals surface area contributed by atoms with Gasteiger partial charge in [0.05, 0.1) is 16.3 Å². The van der Waals surface area contributed by atoms with Crippen LogP contribution in [0, 0.1) is 25.2 Å². The third kappa shape index (κ3) is 7.30. The van der Waals surface area contributed by atoms with E-state index in [9.17, 15) is 9.90 Å². The van der Waals surface area contributed by atoms with Crippen LogP contribution < -0.4 is 20.1 Å². The number of benzene rings is 3. The van der Waals surface area contributed by atoms with Crippen LogP contribution in [-0.4, -0.2) is 23.8 Å². The molecule has 3 N–H and O–H groups in total. The number of hydrogen-bond donors (Lipinski definition) is 3. The Labute approximate surface area is 216 Å². The molecule has 0 heterocycles. The van der Waals surface area contributed by atoms with Crippen molar-refractivity contribution >= 4 is 28.9 Å². The normalized spacial score (nSPS) is 11.3. The van der Waals surface area contributed by atoms with Gasteiger partial charge in [0.15, 0.2) is 12.8 Å². The van der Waals surface area contributed by atoms with Gasteiger partial charge in [0.2, 0.25) is 0 Å². The number of nitrogens with zero attached hydrogens (tertiary/aromatic N) is 1. The first-order valence-electron chi connectivity index (χ1n) is 11.7. The molecule has 0 aliphatic carbocycles. The summed E-state index contributed by atoms with van der Waals surface area (Å²) < 4.78 is 11.7. The Hall–Kier alpha value is -3.89. The molecular formula is C28H30ClN3O4. The van der Waals surface area contributed by atoms with Gasteiger partial charge in [0, 0.05) is 17.8 Å². The third-order valence-electron chi connectivity index (χ3n) is 5.54. The number of phenolic OH excluding ortho intramolecular Hbond substituents is 1. The smallest absolute Gasteiger partial charge is 0.265 e. The van der Waals surface area contributed by atoms with Crippen molar-refractivity contribution in [3.63, 3.8) is 0 Å². The van der Waals surface area contributed by atoms with E-state index in [-0.39, 0.29) is 18.4 Å². The number of phenols is 1. The molecule has 1 unspecified atom stereocenters. The van der Waals surface area contributed by atoms with Crippen molar-refractivity contribution in [3.05, 3.63) is 76.3 Å². The minimum absolute atomic E-state index is 0.0466. The van der Waals surface area contributed by atoms with Gasteiger partial charge in [0.25, 0.3) is 5.91 Å². The molecule has 36 heavy (non-hydrogen) atoms. The van der Waals surface area contributed by atoms with Gasteiger partial charge >= 0.3 is 0 Å². The van der Waals surface area contributed by atoms with Crippen LogP contribution in [0.4, 0.5) is 11.4 Å². The van der Waals surface area contributed by atoms with E-state index < -0.39 is 6.10 Å². The number of hydrogen-bond acceptors (Lipinski definition) is 6. The Balaban J connectivity index is 1.61. The summed E-state index contributed by atoms with van der Waals surface area (Å²) in [4.78, 5) is 13.0. The van der Waals surface area contributed by atoms with Crippen LogP contribution in [-0.2, 0) is 4.79 Å². The Morgan fingerprint density at radius 1 is 1.14 bits per heavy atom. The second-order valence-electron chi connectivity index (χ2n) is 8.46. The highest BCUT2D eigenvalue weighted by Crippen LogP contribution is 2.28. The van der Waals surface area contributed by atoms with Crippen LogP contribution in [0.25, 0.3) is 0 Å². The number of halogens is 1. The van der Waals surface area contributed by atoms with Crippen LogP contribution in [0.2, 0.25) is 5.02 Å². The predicted octanol–water partition coefficient (Wildman–Crippen LogP) is 6.56. The maximum absolute atomic E-state index is 13.0. The maximum atomic E-state index is 13.0. The number of aromatic hydroxyl groups is 1. The summed E-state index contributed by atoms with van der Waals surface area (Å²) in [7, 11) is 0. The fraction of sp³-hybridized carbons (Fsp3) is 0.286.